The lowest BCUT2D eigenvalue weighted by Gasteiger charge is -2.05. The molecule has 0 atom stereocenters. The highest BCUT2D eigenvalue weighted by atomic mass is 32.1. The van der Waals surface area contributed by atoms with E-state index in [2.05, 4.69) is 17.2 Å². The molecule has 0 bridgehead atoms. The molecule has 19 heavy (non-hydrogen) atoms. The number of nitrogens with zero attached hydrogens (tertiary/aromatic N) is 1. The Morgan fingerprint density at radius 3 is 2.79 bits per heavy atom. The summed E-state index contributed by atoms with van der Waals surface area (Å²) >= 11 is 1.57. The first-order valence-electron chi connectivity index (χ1n) is 5.87. The van der Waals surface area contributed by atoms with Gasteiger partial charge in [0.05, 0.1) is 11.3 Å². The van der Waals surface area contributed by atoms with Gasteiger partial charge in [-0.25, -0.2) is 9.78 Å². The number of aryl methyl sites for hydroxylation is 2. The number of benzene rings is 1. The second-order valence-electron chi connectivity index (χ2n) is 4.11. The average Bonchev–Trinajstić information content (AvgIpc) is 2.69. The zero-order valence-electron chi connectivity index (χ0n) is 10.7. The van der Waals surface area contributed by atoms with Crippen molar-refractivity contribution >= 4 is 33.8 Å². The summed E-state index contributed by atoms with van der Waals surface area (Å²) in [6.07, 6.45) is 0.893. The Hall–Kier alpha value is -2.08. The second-order valence-corrected chi connectivity index (χ2v) is 5.31. The summed E-state index contributed by atoms with van der Waals surface area (Å²) in [5, 5.41) is 12.8. The SMILES string of the molecule is CCc1nc(Nc2ccc(C(=O)O)c(N)c2)sc1C. The maximum Gasteiger partial charge on any atom is 0.337 e. The van der Waals surface area contributed by atoms with Crippen LogP contribution in [0.1, 0.15) is 27.9 Å². The zero-order chi connectivity index (χ0) is 14.0. The minimum Gasteiger partial charge on any atom is -0.478 e. The van der Waals surface area contributed by atoms with Gasteiger partial charge in [-0.05, 0) is 31.5 Å². The Kier molecular flexibility index (Phi) is 3.71. The molecule has 2 rings (SSSR count). The third kappa shape index (κ3) is 2.85. The van der Waals surface area contributed by atoms with E-state index in [0.29, 0.717) is 0 Å². The number of carboxylic acid groups (broad SMARTS) is 1. The van der Waals surface area contributed by atoms with E-state index in [1.165, 1.54) is 10.9 Å². The molecule has 4 N–H and O–H groups in total. The van der Waals surface area contributed by atoms with Crippen molar-refractivity contribution in [1.82, 2.24) is 4.98 Å². The van der Waals surface area contributed by atoms with Gasteiger partial charge in [0, 0.05) is 16.3 Å². The van der Waals surface area contributed by atoms with E-state index in [1.54, 1.807) is 23.5 Å². The fraction of sp³-hybridized carbons (Fsp3) is 0.231. The number of carboxylic acids is 1. The van der Waals surface area contributed by atoms with Gasteiger partial charge in [0.2, 0.25) is 0 Å². The predicted molar refractivity (Wildman–Crippen MR) is 77.3 cm³/mol. The lowest BCUT2D eigenvalue weighted by Crippen LogP contribution is -2.02. The zero-order valence-corrected chi connectivity index (χ0v) is 11.5. The standard InChI is InChI=1S/C13H15N3O2S/c1-3-11-7(2)19-13(16-11)15-8-4-5-9(12(17)18)10(14)6-8/h4-6H,3,14H2,1-2H3,(H,15,16)(H,17,18). The number of hydrogen-bond acceptors (Lipinski definition) is 5. The highest BCUT2D eigenvalue weighted by Crippen LogP contribution is 2.27. The first-order valence-corrected chi connectivity index (χ1v) is 6.69. The molecule has 0 fully saturated rings. The van der Waals surface area contributed by atoms with Gasteiger partial charge in [-0.1, -0.05) is 6.92 Å². The molecule has 0 amide bonds. The van der Waals surface area contributed by atoms with Crippen molar-refractivity contribution < 1.29 is 9.90 Å². The average molecular weight is 277 g/mol. The van der Waals surface area contributed by atoms with Crippen LogP contribution in [0, 0.1) is 6.92 Å². The number of aromatic nitrogens is 1. The molecule has 6 heteroatoms. The molecule has 0 aliphatic heterocycles. The minimum absolute atomic E-state index is 0.107. The molecule has 1 heterocycles. The van der Waals surface area contributed by atoms with Crippen LogP contribution in [0.5, 0.6) is 0 Å². The Balaban J connectivity index is 2.23. The fourth-order valence-corrected chi connectivity index (χ4v) is 2.69. The summed E-state index contributed by atoms with van der Waals surface area (Å²) in [5.74, 6) is -1.03. The molecular formula is C13H15N3O2S. The number of rotatable bonds is 4. The first kappa shape index (κ1) is 13.4. The van der Waals surface area contributed by atoms with Gasteiger partial charge in [0.15, 0.2) is 5.13 Å². The lowest BCUT2D eigenvalue weighted by atomic mass is 10.1. The normalized spacial score (nSPS) is 10.4. The molecule has 0 aliphatic carbocycles. The van der Waals surface area contributed by atoms with Crippen LogP contribution in [0.15, 0.2) is 18.2 Å². The smallest absolute Gasteiger partial charge is 0.337 e. The number of anilines is 3. The van der Waals surface area contributed by atoms with Gasteiger partial charge in [0.25, 0.3) is 0 Å². The highest BCUT2D eigenvalue weighted by Gasteiger charge is 2.10. The van der Waals surface area contributed by atoms with Gasteiger partial charge in [-0.3, -0.25) is 0 Å². The Bertz CT molecular complexity index is 622. The second kappa shape index (κ2) is 5.27. The number of aromatic carboxylic acids is 1. The quantitative estimate of drug-likeness (QED) is 0.747. The number of hydrogen-bond donors (Lipinski definition) is 3. The molecule has 0 spiro atoms. The topological polar surface area (TPSA) is 88.2 Å². The van der Waals surface area contributed by atoms with Crippen LogP contribution in [-0.4, -0.2) is 16.1 Å². The number of carbonyl (C=O) groups is 1. The third-order valence-corrected chi connectivity index (χ3v) is 3.69. The fourth-order valence-electron chi connectivity index (χ4n) is 1.77. The molecule has 5 nitrogen and oxygen atoms in total. The summed E-state index contributed by atoms with van der Waals surface area (Å²) < 4.78 is 0. The van der Waals surface area contributed by atoms with Crippen LogP contribution in [0.3, 0.4) is 0 Å². The van der Waals surface area contributed by atoms with Crippen LogP contribution in [0.2, 0.25) is 0 Å². The monoisotopic (exact) mass is 277 g/mol. The van der Waals surface area contributed by atoms with Crippen molar-refractivity contribution in [2.75, 3.05) is 11.1 Å². The molecule has 1 aromatic carbocycles. The summed E-state index contributed by atoms with van der Waals surface area (Å²) in [6, 6.07) is 4.77. The maximum absolute atomic E-state index is 10.9. The van der Waals surface area contributed by atoms with Crippen molar-refractivity contribution in [2.24, 2.45) is 0 Å². The van der Waals surface area contributed by atoms with E-state index in [4.69, 9.17) is 10.8 Å². The minimum atomic E-state index is -1.03. The molecule has 0 aliphatic rings. The van der Waals surface area contributed by atoms with Crippen molar-refractivity contribution in [3.63, 3.8) is 0 Å². The lowest BCUT2D eigenvalue weighted by molar-refractivity contribution is 0.0698. The maximum atomic E-state index is 10.9. The van der Waals surface area contributed by atoms with Crippen LogP contribution in [0.25, 0.3) is 0 Å². The number of nitrogens with two attached hydrogens (primary N) is 1. The Morgan fingerprint density at radius 1 is 1.53 bits per heavy atom. The predicted octanol–water partition coefficient (Wildman–Crippen LogP) is 3.04. The molecule has 0 saturated carbocycles. The van der Waals surface area contributed by atoms with E-state index in [9.17, 15) is 4.79 Å². The van der Waals surface area contributed by atoms with Crippen molar-refractivity contribution in [3.8, 4) is 0 Å². The van der Waals surface area contributed by atoms with Gasteiger partial charge in [-0.2, -0.15) is 0 Å². The van der Waals surface area contributed by atoms with Gasteiger partial charge in [0.1, 0.15) is 0 Å². The molecule has 2 aromatic rings. The van der Waals surface area contributed by atoms with Crippen LogP contribution < -0.4 is 11.1 Å². The molecular weight excluding hydrogens is 262 g/mol. The first-order chi connectivity index (χ1) is 9.01. The van der Waals surface area contributed by atoms with E-state index in [1.807, 2.05) is 6.92 Å². The molecule has 0 saturated heterocycles. The summed E-state index contributed by atoms with van der Waals surface area (Å²) in [4.78, 5) is 16.5. The van der Waals surface area contributed by atoms with Gasteiger partial charge in [-0.15, -0.1) is 11.3 Å². The highest BCUT2D eigenvalue weighted by molar-refractivity contribution is 7.15. The van der Waals surface area contributed by atoms with Crippen LogP contribution in [-0.2, 0) is 6.42 Å². The number of nitrogen functional groups attached to an aromatic ring is 1. The number of thiazole rings is 1. The van der Waals surface area contributed by atoms with Gasteiger partial charge >= 0.3 is 5.97 Å². The van der Waals surface area contributed by atoms with E-state index in [-0.39, 0.29) is 11.3 Å². The molecule has 0 unspecified atom stereocenters. The Morgan fingerprint density at radius 2 is 2.26 bits per heavy atom. The summed E-state index contributed by atoms with van der Waals surface area (Å²) in [5.41, 5.74) is 7.85. The largest absolute Gasteiger partial charge is 0.478 e. The van der Waals surface area contributed by atoms with Crippen molar-refractivity contribution in [2.45, 2.75) is 20.3 Å². The van der Waals surface area contributed by atoms with Gasteiger partial charge < -0.3 is 16.2 Å². The third-order valence-electron chi connectivity index (χ3n) is 2.76. The number of nitrogens with one attached hydrogen (secondary N) is 1. The molecule has 0 radical (unpaired) electrons. The van der Waals surface area contributed by atoms with Crippen molar-refractivity contribution in [1.29, 1.82) is 0 Å². The van der Waals surface area contributed by atoms with Crippen LogP contribution >= 0.6 is 11.3 Å². The van der Waals surface area contributed by atoms with E-state index in [0.717, 1.165) is 22.9 Å². The van der Waals surface area contributed by atoms with E-state index < -0.39 is 5.97 Å². The molecule has 100 valence electrons. The summed E-state index contributed by atoms with van der Waals surface area (Å²) in [7, 11) is 0. The van der Waals surface area contributed by atoms with Crippen molar-refractivity contribution in [3.05, 3.63) is 34.3 Å². The van der Waals surface area contributed by atoms with E-state index >= 15 is 0 Å². The Labute approximate surface area is 115 Å². The van der Waals surface area contributed by atoms with Crippen LogP contribution in [0.4, 0.5) is 16.5 Å². The summed E-state index contributed by atoms with van der Waals surface area (Å²) in [6.45, 7) is 4.09. The molecule has 1 aromatic heterocycles.